The lowest BCUT2D eigenvalue weighted by atomic mass is 10.0. The first-order valence-electron chi connectivity index (χ1n) is 8.39. The molecule has 0 amide bonds. The molecule has 1 atom stereocenters. The molecule has 0 heterocycles. The van der Waals surface area contributed by atoms with Crippen molar-refractivity contribution in [1.29, 1.82) is 0 Å². The SMILES string of the molecule is Cc1ccc(C(=O)OCCNC(C)Cc2cccc(C(F)(F)F)c2)cc1. The number of esters is 1. The molecule has 0 aliphatic carbocycles. The minimum atomic E-state index is -4.34. The minimum Gasteiger partial charge on any atom is -0.461 e. The number of rotatable bonds is 7. The third kappa shape index (κ3) is 6.19. The van der Waals surface area contributed by atoms with Crippen LogP contribution in [0.5, 0.6) is 0 Å². The van der Waals surface area contributed by atoms with E-state index >= 15 is 0 Å². The molecular weight excluding hydrogens is 343 g/mol. The number of ether oxygens (including phenoxy) is 1. The van der Waals surface area contributed by atoms with Gasteiger partial charge in [-0.25, -0.2) is 4.79 Å². The fourth-order valence-electron chi connectivity index (χ4n) is 2.52. The highest BCUT2D eigenvalue weighted by molar-refractivity contribution is 5.89. The van der Waals surface area contributed by atoms with Crippen molar-refractivity contribution in [1.82, 2.24) is 5.32 Å². The Morgan fingerprint density at radius 1 is 1.15 bits per heavy atom. The van der Waals surface area contributed by atoms with Crippen LogP contribution in [0.4, 0.5) is 13.2 Å². The van der Waals surface area contributed by atoms with Gasteiger partial charge in [0, 0.05) is 12.6 Å². The molecular formula is C20H22F3NO2. The number of benzene rings is 2. The van der Waals surface area contributed by atoms with E-state index in [1.54, 1.807) is 18.2 Å². The van der Waals surface area contributed by atoms with Crippen LogP contribution in [0.3, 0.4) is 0 Å². The molecule has 0 bridgehead atoms. The average Bonchev–Trinajstić information content (AvgIpc) is 2.58. The van der Waals surface area contributed by atoms with E-state index in [0.717, 1.165) is 17.7 Å². The Labute approximate surface area is 151 Å². The van der Waals surface area contributed by atoms with Gasteiger partial charge >= 0.3 is 12.1 Å². The summed E-state index contributed by atoms with van der Waals surface area (Å²) in [6.45, 7) is 4.43. The van der Waals surface area contributed by atoms with E-state index < -0.39 is 17.7 Å². The molecule has 0 radical (unpaired) electrons. The molecule has 0 saturated carbocycles. The molecule has 0 saturated heterocycles. The molecule has 140 valence electrons. The number of halogens is 3. The standard InChI is InChI=1S/C20H22F3NO2/c1-14-6-8-17(9-7-14)19(25)26-11-10-24-15(2)12-16-4-3-5-18(13-16)20(21,22)23/h3-9,13,15,24H,10-12H2,1-2H3. The van der Waals surface area contributed by atoms with Crippen LogP contribution in [0.2, 0.25) is 0 Å². The van der Waals surface area contributed by atoms with E-state index in [9.17, 15) is 18.0 Å². The number of alkyl halides is 3. The summed E-state index contributed by atoms with van der Waals surface area (Å²) in [5.41, 5.74) is 1.52. The van der Waals surface area contributed by atoms with Gasteiger partial charge in [-0.05, 0) is 44.0 Å². The first-order valence-corrected chi connectivity index (χ1v) is 8.39. The van der Waals surface area contributed by atoms with Gasteiger partial charge in [-0.15, -0.1) is 0 Å². The number of aryl methyl sites for hydroxylation is 1. The first-order chi connectivity index (χ1) is 12.3. The van der Waals surface area contributed by atoms with Gasteiger partial charge in [0.2, 0.25) is 0 Å². The Kier molecular flexibility index (Phi) is 6.80. The Morgan fingerprint density at radius 3 is 2.50 bits per heavy atom. The highest BCUT2D eigenvalue weighted by atomic mass is 19.4. The van der Waals surface area contributed by atoms with Crippen molar-refractivity contribution in [3.8, 4) is 0 Å². The highest BCUT2D eigenvalue weighted by Crippen LogP contribution is 2.29. The van der Waals surface area contributed by atoms with Gasteiger partial charge in [0.05, 0.1) is 11.1 Å². The van der Waals surface area contributed by atoms with Gasteiger partial charge in [-0.3, -0.25) is 0 Å². The topological polar surface area (TPSA) is 38.3 Å². The highest BCUT2D eigenvalue weighted by Gasteiger charge is 2.30. The van der Waals surface area contributed by atoms with Crippen molar-refractivity contribution < 1.29 is 22.7 Å². The molecule has 1 N–H and O–H groups in total. The fourth-order valence-corrected chi connectivity index (χ4v) is 2.52. The number of hydrogen-bond acceptors (Lipinski definition) is 3. The van der Waals surface area contributed by atoms with Crippen molar-refractivity contribution in [2.75, 3.05) is 13.2 Å². The molecule has 0 spiro atoms. The quantitative estimate of drug-likeness (QED) is 0.584. The van der Waals surface area contributed by atoms with Crippen molar-refractivity contribution in [2.24, 2.45) is 0 Å². The zero-order chi connectivity index (χ0) is 19.2. The molecule has 0 aliphatic rings. The normalized spacial score (nSPS) is 12.7. The largest absolute Gasteiger partial charge is 0.461 e. The van der Waals surface area contributed by atoms with Crippen molar-refractivity contribution in [3.63, 3.8) is 0 Å². The lowest BCUT2D eigenvalue weighted by molar-refractivity contribution is -0.137. The molecule has 1 unspecified atom stereocenters. The summed E-state index contributed by atoms with van der Waals surface area (Å²) in [5, 5.41) is 3.15. The molecule has 0 aliphatic heterocycles. The van der Waals surface area contributed by atoms with Gasteiger partial charge in [0.1, 0.15) is 6.61 Å². The summed E-state index contributed by atoms with van der Waals surface area (Å²) in [7, 11) is 0. The van der Waals surface area contributed by atoms with Gasteiger partial charge in [-0.2, -0.15) is 13.2 Å². The summed E-state index contributed by atoms with van der Waals surface area (Å²) in [4.78, 5) is 11.9. The third-order valence-corrected chi connectivity index (χ3v) is 3.91. The summed E-state index contributed by atoms with van der Waals surface area (Å²) >= 11 is 0. The van der Waals surface area contributed by atoms with E-state index in [-0.39, 0.29) is 12.6 Å². The summed E-state index contributed by atoms with van der Waals surface area (Å²) in [6, 6.07) is 12.4. The maximum Gasteiger partial charge on any atom is 0.416 e. The molecule has 6 heteroatoms. The summed E-state index contributed by atoms with van der Waals surface area (Å²) in [5.74, 6) is -0.391. The second-order valence-corrected chi connectivity index (χ2v) is 6.26. The van der Waals surface area contributed by atoms with Crippen LogP contribution < -0.4 is 5.32 Å². The van der Waals surface area contributed by atoms with Gasteiger partial charge in [-0.1, -0.05) is 35.9 Å². The van der Waals surface area contributed by atoms with E-state index in [1.807, 2.05) is 26.0 Å². The lowest BCUT2D eigenvalue weighted by Crippen LogP contribution is -2.31. The third-order valence-electron chi connectivity index (χ3n) is 3.91. The van der Waals surface area contributed by atoms with E-state index in [4.69, 9.17) is 4.74 Å². The fraction of sp³-hybridized carbons (Fsp3) is 0.350. The maximum absolute atomic E-state index is 12.7. The predicted octanol–water partition coefficient (Wildman–Crippen LogP) is 4.39. The smallest absolute Gasteiger partial charge is 0.416 e. The van der Waals surface area contributed by atoms with Crippen molar-refractivity contribution >= 4 is 5.97 Å². The van der Waals surface area contributed by atoms with Gasteiger partial charge in [0.15, 0.2) is 0 Å². The zero-order valence-corrected chi connectivity index (χ0v) is 14.8. The Bertz CT molecular complexity index is 727. The van der Waals surface area contributed by atoms with E-state index in [0.29, 0.717) is 24.1 Å². The molecule has 26 heavy (non-hydrogen) atoms. The van der Waals surface area contributed by atoms with Gasteiger partial charge in [0.25, 0.3) is 0 Å². The van der Waals surface area contributed by atoms with E-state index in [2.05, 4.69) is 5.32 Å². The number of nitrogens with one attached hydrogen (secondary N) is 1. The zero-order valence-electron chi connectivity index (χ0n) is 14.8. The number of carbonyl (C=O) groups excluding carboxylic acids is 1. The number of carbonyl (C=O) groups is 1. The summed E-state index contributed by atoms with van der Waals surface area (Å²) in [6.07, 6.45) is -3.88. The van der Waals surface area contributed by atoms with Crippen LogP contribution in [-0.4, -0.2) is 25.2 Å². The van der Waals surface area contributed by atoms with Crippen LogP contribution in [0, 0.1) is 6.92 Å². The molecule has 0 fully saturated rings. The Balaban J connectivity index is 1.74. The average molecular weight is 365 g/mol. The monoisotopic (exact) mass is 365 g/mol. The Morgan fingerprint density at radius 2 is 1.85 bits per heavy atom. The predicted molar refractivity (Wildman–Crippen MR) is 94.1 cm³/mol. The molecule has 3 nitrogen and oxygen atoms in total. The van der Waals surface area contributed by atoms with Gasteiger partial charge < -0.3 is 10.1 Å². The first kappa shape index (κ1) is 20.0. The van der Waals surface area contributed by atoms with Crippen molar-refractivity contribution in [3.05, 3.63) is 70.8 Å². The second-order valence-electron chi connectivity index (χ2n) is 6.26. The van der Waals surface area contributed by atoms with Crippen LogP contribution in [0.25, 0.3) is 0 Å². The Hall–Kier alpha value is -2.34. The van der Waals surface area contributed by atoms with Crippen LogP contribution >= 0.6 is 0 Å². The molecule has 2 aromatic rings. The van der Waals surface area contributed by atoms with Crippen LogP contribution in [-0.2, 0) is 17.3 Å². The minimum absolute atomic E-state index is 0.0449. The van der Waals surface area contributed by atoms with E-state index in [1.165, 1.54) is 6.07 Å². The van der Waals surface area contributed by atoms with Crippen molar-refractivity contribution in [2.45, 2.75) is 32.5 Å². The molecule has 2 aromatic carbocycles. The van der Waals surface area contributed by atoms with Crippen LogP contribution in [0.15, 0.2) is 48.5 Å². The number of hydrogen-bond donors (Lipinski definition) is 1. The maximum atomic E-state index is 12.7. The molecule has 2 rings (SSSR count). The van der Waals surface area contributed by atoms with Crippen LogP contribution in [0.1, 0.15) is 34.0 Å². The summed E-state index contributed by atoms with van der Waals surface area (Å²) < 4.78 is 43.4. The molecule has 0 aromatic heterocycles. The second kappa shape index (κ2) is 8.85. The lowest BCUT2D eigenvalue weighted by Gasteiger charge is -2.15.